The first-order valence-corrected chi connectivity index (χ1v) is 9.36. The second-order valence-corrected chi connectivity index (χ2v) is 7.17. The number of aromatic nitrogens is 4. The molecule has 2 N–H and O–H groups in total. The number of carbonyl (C=O) groups is 1. The maximum Gasteiger partial charge on any atom is 0.256 e. The van der Waals surface area contributed by atoms with E-state index in [1.54, 1.807) is 45.0 Å². The van der Waals surface area contributed by atoms with E-state index in [-0.39, 0.29) is 19.1 Å². The molecule has 154 valence electrons. The number of rotatable bonds is 8. The molecule has 0 aliphatic heterocycles. The highest BCUT2D eigenvalue weighted by atomic mass is 16.4. The molecule has 0 radical (unpaired) electrons. The number of aryl methyl sites for hydroxylation is 1. The smallest absolute Gasteiger partial charge is 0.256 e. The fraction of sp³-hybridized carbons (Fsp3) is 0.400. The quantitative estimate of drug-likeness (QED) is 0.589. The van der Waals surface area contributed by atoms with Crippen molar-refractivity contribution >= 4 is 5.91 Å². The number of benzene rings is 1. The first-order valence-electron chi connectivity index (χ1n) is 9.36. The molecule has 0 saturated heterocycles. The van der Waals surface area contributed by atoms with Gasteiger partial charge in [-0.15, -0.1) is 0 Å². The van der Waals surface area contributed by atoms with Crippen LogP contribution in [0.15, 0.2) is 41.1 Å². The zero-order valence-corrected chi connectivity index (χ0v) is 16.7. The normalized spacial score (nSPS) is 11.6. The van der Waals surface area contributed by atoms with Crippen LogP contribution in [0.1, 0.15) is 41.6 Å². The minimum absolute atomic E-state index is 0.164. The molecule has 3 rings (SSSR count). The first-order chi connectivity index (χ1) is 13.8. The SMILES string of the molecule is Cc1oc(CCN(CCO)C(=O)c2ccccc2-n2nccn2)nc1C(C)(C)O. The Morgan fingerprint density at radius 2 is 1.90 bits per heavy atom. The summed E-state index contributed by atoms with van der Waals surface area (Å²) in [6.07, 6.45) is 3.43. The summed E-state index contributed by atoms with van der Waals surface area (Å²) >= 11 is 0. The minimum atomic E-state index is -1.11. The maximum absolute atomic E-state index is 13.2. The number of aliphatic hydroxyl groups excluding tert-OH is 1. The zero-order valence-electron chi connectivity index (χ0n) is 16.7. The summed E-state index contributed by atoms with van der Waals surface area (Å²) in [6, 6.07) is 7.04. The fourth-order valence-corrected chi connectivity index (χ4v) is 3.13. The lowest BCUT2D eigenvalue weighted by molar-refractivity contribution is 0.0713. The van der Waals surface area contributed by atoms with Crippen LogP contribution in [0, 0.1) is 6.92 Å². The molecule has 2 heterocycles. The van der Waals surface area contributed by atoms with Crippen molar-refractivity contribution in [2.24, 2.45) is 0 Å². The van der Waals surface area contributed by atoms with Crippen LogP contribution in [-0.4, -0.2) is 60.7 Å². The van der Waals surface area contributed by atoms with Gasteiger partial charge in [-0.3, -0.25) is 4.79 Å². The van der Waals surface area contributed by atoms with Crippen LogP contribution in [0.5, 0.6) is 0 Å². The summed E-state index contributed by atoms with van der Waals surface area (Å²) in [5.41, 5.74) is 0.351. The molecule has 0 bridgehead atoms. The monoisotopic (exact) mass is 399 g/mol. The second-order valence-electron chi connectivity index (χ2n) is 7.17. The first kappa shape index (κ1) is 20.7. The van der Waals surface area contributed by atoms with Crippen molar-refractivity contribution in [1.82, 2.24) is 24.9 Å². The van der Waals surface area contributed by atoms with Crippen LogP contribution < -0.4 is 0 Å². The molecule has 0 spiro atoms. The lowest BCUT2D eigenvalue weighted by Crippen LogP contribution is -2.36. The molecule has 29 heavy (non-hydrogen) atoms. The van der Waals surface area contributed by atoms with E-state index in [0.29, 0.717) is 41.6 Å². The molecule has 0 fully saturated rings. The zero-order chi connectivity index (χ0) is 21.0. The highest BCUT2D eigenvalue weighted by Crippen LogP contribution is 2.23. The molecule has 3 aromatic rings. The topological polar surface area (TPSA) is 118 Å². The Morgan fingerprint density at radius 3 is 2.52 bits per heavy atom. The molecule has 0 aliphatic carbocycles. The average Bonchev–Trinajstić information content (AvgIpc) is 3.34. The van der Waals surface area contributed by atoms with Crippen LogP contribution in [0.2, 0.25) is 0 Å². The minimum Gasteiger partial charge on any atom is -0.446 e. The molecular weight excluding hydrogens is 374 g/mol. The summed E-state index contributed by atoms with van der Waals surface area (Å²) in [4.78, 5) is 20.4. The van der Waals surface area contributed by atoms with E-state index in [4.69, 9.17) is 4.42 Å². The Bertz CT molecular complexity index is 960. The van der Waals surface area contributed by atoms with E-state index in [0.717, 1.165) is 0 Å². The number of oxazole rings is 1. The lowest BCUT2D eigenvalue weighted by Gasteiger charge is -2.22. The Balaban J connectivity index is 1.80. The van der Waals surface area contributed by atoms with Gasteiger partial charge in [0.25, 0.3) is 5.91 Å². The standard InChI is InChI=1S/C20H25N5O4/c1-14-18(20(2,3)28)23-17(29-14)8-11-24(12-13-26)19(27)15-6-4-5-7-16(15)25-21-9-10-22-25/h4-7,9-10,26,28H,8,11-13H2,1-3H3. The number of aliphatic hydroxyl groups is 2. The molecule has 9 nitrogen and oxygen atoms in total. The van der Waals surface area contributed by atoms with Gasteiger partial charge < -0.3 is 19.5 Å². The number of amides is 1. The summed E-state index contributed by atoms with van der Waals surface area (Å²) in [5.74, 6) is 0.720. The van der Waals surface area contributed by atoms with Crippen molar-refractivity contribution in [3.05, 3.63) is 59.6 Å². The van der Waals surface area contributed by atoms with E-state index in [9.17, 15) is 15.0 Å². The Hall–Kier alpha value is -3.04. The highest BCUT2D eigenvalue weighted by Gasteiger charge is 2.25. The van der Waals surface area contributed by atoms with Crippen molar-refractivity contribution in [1.29, 1.82) is 0 Å². The molecule has 1 aromatic carbocycles. The van der Waals surface area contributed by atoms with Gasteiger partial charge in [-0.25, -0.2) is 4.98 Å². The van der Waals surface area contributed by atoms with E-state index in [1.165, 1.54) is 22.1 Å². The van der Waals surface area contributed by atoms with Gasteiger partial charge in [0.1, 0.15) is 17.1 Å². The third-order valence-corrected chi connectivity index (χ3v) is 4.44. The molecular formula is C20H25N5O4. The third kappa shape index (κ3) is 4.69. The Morgan fingerprint density at radius 1 is 1.21 bits per heavy atom. The molecule has 0 saturated carbocycles. The third-order valence-electron chi connectivity index (χ3n) is 4.44. The molecule has 2 aromatic heterocycles. The highest BCUT2D eigenvalue weighted by molar-refractivity contribution is 5.97. The predicted octanol–water partition coefficient (Wildman–Crippen LogP) is 1.47. The van der Waals surface area contributed by atoms with Crippen LogP contribution in [0.4, 0.5) is 0 Å². The van der Waals surface area contributed by atoms with Gasteiger partial charge in [0, 0.05) is 19.5 Å². The van der Waals surface area contributed by atoms with E-state index in [2.05, 4.69) is 15.2 Å². The second kappa shape index (κ2) is 8.54. The van der Waals surface area contributed by atoms with Crippen molar-refractivity contribution < 1.29 is 19.4 Å². The molecule has 0 atom stereocenters. The summed E-state index contributed by atoms with van der Waals surface area (Å²) in [7, 11) is 0. The van der Waals surface area contributed by atoms with E-state index >= 15 is 0 Å². The van der Waals surface area contributed by atoms with Gasteiger partial charge >= 0.3 is 0 Å². The van der Waals surface area contributed by atoms with Crippen LogP contribution in [0.3, 0.4) is 0 Å². The summed E-state index contributed by atoms with van der Waals surface area (Å²) in [6.45, 7) is 5.32. The predicted molar refractivity (Wildman–Crippen MR) is 105 cm³/mol. The van der Waals surface area contributed by atoms with Crippen molar-refractivity contribution in [3.8, 4) is 5.69 Å². The van der Waals surface area contributed by atoms with Crippen molar-refractivity contribution in [2.75, 3.05) is 19.7 Å². The van der Waals surface area contributed by atoms with Crippen LogP contribution >= 0.6 is 0 Å². The Labute approximate surface area is 168 Å². The van der Waals surface area contributed by atoms with Crippen molar-refractivity contribution in [2.45, 2.75) is 32.8 Å². The van der Waals surface area contributed by atoms with Gasteiger partial charge in [-0.1, -0.05) is 12.1 Å². The van der Waals surface area contributed by atoms with E-state index in [1.807, 2.05) is 0 Å². The van der Waals surface area contributed by atoms with Gasteiger partial charge in [0.05, 0.1) is 30.3 Å². The van der Waals surface area contributed by atoms with Gasteiger partial charge in [-0.2, -0.15) is 15.0 Å². The number of para-hydroxylation sites is 1. The molecule has 9 heteroatoms. The lowest BCUT2D eigenvalue weighted by atomic mass is 10.0. The fourth-order valence-electron chi connectivity index (χ4n) is 3.13. The Kier molecular flexibility index (Phi) is 6.09. The maximum atomic E-state index is 13.2. The van der Waals surface area contributed by atoms with E-state index < -0.39 is 5.60 Å². The van der Waals surface area contributed by atoms with Crippen LogP contribution in [0.25, 0.3) is 5.69 Å². The number of carbonyl (C=O) groups excluding carboxylic acids is 1. The van der Waals surface area contributed by atoms with Crippen LogP contribution in [-0.2, 0) is 12.0 Å². The average molecular weight is 399 g/mol. The largest absolute Gasteiger partial charge is 0.446 e. The number of hydrogen-bond donors (Lipinski definition) is 2. The molecule has 1 amide bonds. The van der Waals surface area contributed by atoms with Gasteiger partial charge in [0.2, 0.25) is 0 Å². The number of nitrogens with zero attached hydrogens (tertiary/aromatic N) is 5. The summed E-state index contributed by atoms with van der Waals surface area (Å²) < 4.78 is 5.64. The van der Waals surface area contributed by atoms with Gasteiger partial charge in [0.15, 0.2) is 5.89 Å². The summed E-state index contributed by atoms with van der Waals surface area (Å²) in [5, 5.41) is 27.8. The van der Waals surface area contributed by atoms with Crippen molar-refractivity contribution in [3.63, 3.8) is 0 Å². The molecule has 0 unspecified atom stereocenters. The van der Waals surface area contributed by atoms with Gasteiger partial charge in [-0.05, 0) is 32.9 Å². The number of hydrogen-bond acceptors (Lipinski definition) is 7. The molecule has 0 aliphatic rings.